The summed E-state index contributed by atoms with van der Waals surface area (Å²) in [6.07, 6.45) is 2.87. The molecule has 1 N–H and O–H groups in total. The molecule has 2 heterocycles. The van der Waals surface area contributed by atoms with E-state index in [1.165, 1.54) is 6.39 Å². The third-order valence-corrected chi connectivity index (χ3v) is 2.57. The van der Waals surface area contributed by atoms with E-state index in [1.54, 1.807) is 4.90 Å². The van der Waals surface area contributed by atoms with Gasteiger partial charge in [0.05, 0.1) is 6.04 Å². The summed E-state index contributed by atoms with van der Waals surface area (Å²) in [7, 11) is 1.82. The van der Waals surface area contributed by atoms with Gasteiger partial charge in [0.25, 0.3) is 0 Å². The molecule has 15 heavy (non-hydrogen) atoms. The van der Waals surface area contributed by atoms with Gasteiger partial charge < -0.3 is 14.7 Å². The van der Waals surface area contributed by atoms with Crippen LogP contribution in [0.15, 0.2) is 10.9 Å². The lowest BCUT2D eigenvalue weighted by Gasteiger charge is -2.10. The number of rotatable bonds is 4. The molecule has 0 aliphatic carbocycles. The molecule has 1 amide bonds. The van der Waals surface area contributed by atoms with Gasteiger partial charge in [0, 0.05) is 26.6 Å². The highest BCUT2D eigenvalue weighted by atomic mass is 16.5. The van der Waals surface area contributed by atoms with Crippen LogP contribution in [0.25, 0.3) is 0 Å². The van der Waals surface area contributed by atoms with E-state index in [0.29, 0.717) is 18.8 Å². The number of hydrogen-bond acceptors (Lipinski definition) is 5. The molecule has 0 saturated carbocycles. The number of likely N-dealkylation sites (tertiary alicyclic amines) is 1. The second-order valence-electron chi connectivity index (χ2n) is 3.65. The van der Waals surface area contributed by atoms with Crippen LogP contribution in [-0.4, -0.2) is 47.1 Å². The normalized spacial score (nSPS) is 21.3. The smallest absolute Gasteiger partial charge is 0.239 e. The molecule has 6 heteroatoms. The Balaban J connectivity index is 1.73. The Morgan fingerprint density at radius 2 is 2.60 bits per heavy atom. The molecule has 1 saturated heterocycles. The molecule has 0 aromatic carbocycles. The van der Waals surface area contributed by atoms with Crippen molar-refractivity contribution in [2.24, 2.45) is 0 Å². The second kappa shape index (κ2) is 4.39. The number of nitrogens with one attached hydrogen (secondary N) is 1. The molecule has 1 aliphatic rings. The predicted molar refractivity (Wildman–Crippen MR) is 52.0 cm³/mol. The summed E-state index contributed by atoms with van der Waals surface area (Å²) in [5.74, 6) is 0.837. The van der Waals surface area contributed by atoms with Gasteiger partial charge in [0.1, 0.15) is 0 Å². The summed E-state index contributed by atoms with van der Waals surface area (Å²) in [6.45, 7) is 1.53. The Labute approximate surface area is 87.6 Å². The molecule has 1 aliphatic heterocycles. The van der Waals surface area contributed by atoms with E-state index in [9.17, 15) is 4.79 Å². The van der Waals surface area contributed by atoms with Gasteiger partial charge in [-0.2, -0.15) is 4.98 Å². The van der Waals surface area contributed by atoms with Crippen LogP contribution in [0.1, 0.15) is 12.2 Å². The Hall–Kier alpha value is -1.43. The number of amides is 1. The van der Waals surface area contributed by atoms with E-state index < -0.39 is 0 Å². The Morgan fingerprint density at radius 3 is 3.20 bits per heavy atom. The third kappa shape index (κ3) is 2.33. The number of aromatic nitrogens is 2. The lowest BCUT2D eigenvalue weighted by Crippen LogP contribution is -2.37. The summed E-state index contributed by atoms with van der Waals surface area (Å²) >= 11 is 0. The maximum Gasteiger partial charge on any atom is 0.239 e. The van der Waals surface area contributed by atoms with Crippen molar-refractivity contribution < 1.29 is 9.32 Å². The van der Waals surface area contributed by atoms with Crippen LogP contribution in [0.2, 0.25) is 0 Å². The molecule has 2 rings (SSSR count). The van der Waals surface area contributed by atoms with Crippen LogP contribution < -0.4 is 5.32 Å². The van der Waals surface area contributed by atoms with Crippen LogP contribution in [0.4, 0.5) is 0 Å². The van der Waals surface area contributed by atoms with Crippen molar-refractivity contribution in [3.8, 4) is 0 Å². The van der Waals surface area contributed by atoms with Gasteiger partial charge in [-0.25, -0.2) is 0 Å². The van der Waals surface area contributed by atoms with Crippen molar-refractivity contribution in [3.05, 3.63) is 12.2 Å². The average molecular weight is 210 g/mol. The van der Waals surface area contributed by atoms with Gasteiger partial charge in [0.2, 0.25) is 12.3 Å². The first kappa shape index (κ1) is 10.1. The van der Waals surface area contributed by atoms with Gasteiger partial charge in [-0.1, -0.05) is 5.16 Å². The quantitative estimate of drug-likeness (QED) is 0.720. The number of carbonyl (C=O) groups is 1. The largest absolute Gasteiger partial charge is 0.344 e. The van der Waals surface area contributed by atoms with E-state index in [-0.39, 0.29) is 11.9 Å². The van der Waals surface area contributed by atoms with E-state index in [2.05, 4.69) is 20.0 Å². The number of hydrogen-bond donors (Lipinski definition) is 1. The molecule has 0 spiro atoms. The van der Waals surface area contributed by atoms with Crippen molar-refractivity contribution in [2.45, 2.75) is 18.9 Å². The maximum absolute atomic E-state index is 11.5. The van der Waals surface area contributed by atoms with Gasteiger partial charge in [-0.05, 0) is 6.42 Å². The fraction of sp³-hybridized carbons (Fsp3) is 0.667. The summed E-state index contributed by atoms with van der Waals surface area (Å²) in [5.41, 5.74) is 0. The molecule has 6 nitrogen and oxygen atoms in total. The van der Waals surface area contributed by atoms with Gasteiger partial charge in [0.15, 0.2) is 5.82 Å². The molecular weight excluding hydrogens is 196 g/mol. The Morgan fingerprint density at radius 1 is 1.73 bits per heavy atom. The van der Waals surface area contributed by atoms with E-state index in [0.717, 1.165) is 13.0 Å². The number of carbonyl (C=O) groups excluding carboxylic acids is 1. The van der Waals surface area contributed by atoms with Crippen LogP contribution in [0.5, 0.6) is 0 Å². The molecule has 1 aromatic heterocycles. The van der Waals surface area contributed by atoms with Gasteiger partial charge in [-0.15, -0.1) is 0 Å². The predicted octanol–water partition coefficient (Wildman–Crippen LogP) is -0.568. The molecule has 1 fully saturated rings. The maximum atomic E-state index is 11.5. The van der Waals surface area contributed by atoms with Crippen molar-refractivity contribution in [1.82, 2.24) is 20.4 Å². The second-order valence-corrected chi connectivity index (χ2v) is 3.65. The molecule has 0 bridgehead atoms. The van der Waals surface area contributed by atoms with E-state index in [1.807, 2.05) is 7.05 Å². The average Bonchev–Trinajstić information content (AvgIpc) is 2.83. The Kier molecular flexibility index (Phi) is 2.96. The number of likely N-dealkylation sites (N-methyl/N-ethyl adjacent to an activating group) is 1. The van der Waals surface area contributed by atoms with Gasteiger partial charge in [-0.3, -0.25) is 4.79 Å². The highest BCUT2D eigenvalue weighted by Crippen LogP contribution is 2.07. The van der Waals surface area contributed by atoms with Crippen LogP contribution in [0.3, 0.4) is 0 Å². The minimum Gasteiger partial charge on any atom is -0.344 e. The van der Waals surface area contributed by atoms with Crippen molar-refractivity contribution in [2.75, 3.05) is 20.1 Å². The third-order valence-electron chi connectivity index (χ3n) is 2.57. The van der Waals surface area contributed by atoms with Crippen molar-refractivity contribution in [1.29, 1.82) is 0 Å². The summed E-state index contributed by atoms with van der Waals surface area (Å²) in [5, 5.41) is 6.88. The molecule has 0 radical (unpaired) electrons. The highest BCUT2D eigenvalue weighted by molar-refractivity contribution is 5.83. The first-order valence-electron chi connectivity index (χ1n) is 5.01. The molecule has 82 valence electrons. The summed E-state index contributed by atoms with van der Waals surface area (Å²) in [4.78, 5) is 17.2. The van der Waals surface area contributed by atoms with Crippen LogP contribution in [0, 0.1) is 0 Å². The van der Waals surface area contributed by atoms with Crippen LogP contribution in [-0.2, 0) is 11.2 Å². The lowest BCUT2D eigenvalue weighted by atomic mass is 10.2. The summed E-state index contributed by atoms with van der Waals surface area (Å²) < 4.78 is 4.61. The topological polar surface area (TPSA) is 71.3 Å². The zero-order valence-electron chi connectivity index (χ0n) is 8.64. The molecular formula is C9H14N4O2. The minimum absolute atomic E-state index is 0.0399. The lowest BCUT2D eigenvalue weighted by molar-refractivity contribution is -0.128. The molecule has 1 unspecified atom stereocenters. The summed E-state index contributed by atoms with van der Waals surface area (Å²) in [6, 6.07) is -0.0399. The van der Waals surface area contributed by atoms with E-state index in [4.69, 9.17) is 0 Å². The standard InChI is InChI=1S/C9H14N4O2/c1-13-5-3-7(9(13)14)10-4-2-8-11-6-15-12-8/h6-7,10H,2-5H2,1H3. The zero-order valence-corrected chi connectivity index (χ0v) is 8.64. The fourth-order valence-electron chi connectivity index (χ4n) is 1.67. The van der Waals surface area contributed by atoms with E-state index >= 15 is 0 Å². The highest BCUT2D eigenvalue weighted by Gasteiger charge is 2.27. The Bertz CT molecular complexity index is 325. The zero-order chi connectivity index (χ0) is 10.7. The SMILES string of the molecule is CN1CCC(NCCc2ncon2)C1=O. The first-order valence-corrected chi connectivity index (χ1v) is 5.01. The number of nitrogens with zero attached hydrogens (tertiary/aromatic N) is 3. The molecule has 1 atom stereocenters. The first-order chi connectivity index (χ1) is 7.27. The van der Waals surface area contributed by atoms with Gasteiger partial charge >= 0.3 is 0 Å². The van der Waals surface area contributed by atoms with Crippen molar-refractivity contribution in [3.63, 3.8) is 0 Å². The minimum atomic E-state index is -0.0399. The van der Waals surface area contributed by atoms with Crippen molar-refractivity contribution >= 4 is 5.91 Å². The fourth-order valence-corrected chi connectivity index (χ4v) is 1.67. The van der Waals surface area contributed by atoms with Crippen LogP contribution >= 0.6 is 0 Å². The monoisotopic (exact) mass is 210 g/mol. The molecule has 1 aromatic rings.